The number of nitrogens with one attached hydrogen (secondary N) is 2. The zero-order valence-corrected chi connectivity index (χ0v) is 16.1. The van der Waals surface area contributed by atoms with Gasteiger partial charge in [0.15, 0.2) is 5.11 Å². The maximum Gasteiger partial charge on any atom is 0.338 e. The molecule has 2 N–H and O–H groups in total. The molecule has 2 aromatic carbocycles. The first-order chi connectivity index (χ1) is 12.6. The largest absolute Gasteiger partial charge is 0.462 e. The van der Waals surface area contributed by atoms with Gasteiger partial charge in [-0.15, -0.1) is 0 Å². The summed E-state index contributed by atoms with van der Waals surface area (Å²) < 4.78 is 5.02. The van der Waals surface area contributed by atoms with Crippen molar-refractivity contribution in [3.63, 3.8) is 0 Å². The number of anilines is 1. The Morgan fingerprint density at radius 2 is 1.88 bits per heavy atom. The van der Waals surface area contributed by atoms with Crippen molar-refractivity contribution in [2.45, 2.75) is 26.7 Å². The van der Waals surface area contributed by atoms with Crippen LogP contribution in [0.5, 0.6) is 0 Å². The molecule has 0 saturated heterocycles. The number of hydrogen-bond acceptors (Lipinski definition) is 3. The quantitative estimate of drug-likeness (QED) is 0.532. The first-order valence-corrected chi connectivity index (χ1v) is 9.39. The van der Waals surface area contributed by atoms with Gasteiger partial charge in [-0.2, -0.15) is 0 Å². The van der Waals surface area contributed by atoms with Gasteiger partial charge in [-0.25, -0.2) is 4.79 Å². The van der Waals surface area contributed by atoms with Gasteiger partial charge in [-0.05, 0) is 55.2 Å². The van der Waals surface area contributed by atoms with Crippen LogP contribution in [0, 0.1) is 5.92 Å². The number of carbonyl (C=O) groups excluding carboxylic acids is 1. The maximum absolute atomic E-state index is 11.8. The van der Waals surface area contributed by atoms with E-state index in [4.69, 9.17) is 17.0 Å². The normalized spacial score (nSPS) is 11.5. The third-order valence-corrected chi connectivity index (χ3v) is 4.37. The summed E-state index contributed by atoms with van der Waals surface area (Å²) in [7, 11) is 0. The molecule has 0 unspecified atom stereocenters. The summed E-state index contributed by atoms with van der Waals surface area (Å²) in [6.45, 7) is 5.14. The van der Waals surface area contributed by atoms with Gasteiger partial charge in [0.2, 0.25) is 0 Å². The topological polar surface area (TPSA) is 50.4 Å². The van der Waals surface area contributed by atoms with Crippen LogP contribution in [-0.2, 0) is 11.2 Å². The molecule has 5 heteroatoms. The molecule has 4 nitrogen and oxygen atoms in total. The minimum atomic E-state index is -0.330. The van der Waals surface area contributed by atoms with Gasteiger partial charge < -0.3 is 15.4 Å². The summed E-state index contributed by atoms with van der Waals surface area (Å²) >= 11 is 5.39. The van der Waals surface area contributed by atoms with E-state index in [0.29, 0.717) is 23.2 Å². The molecule has 138 valence electrons. The van der Waals surface area contributed by atoms with Crippen LogP contribution >= 0.6 is 12.2 Å². The monoisotopic (exact) mass is 370 g/mol. The minimum Gasteiger partial charge on any atom is -0.462 e. The Labute approximate surface area is 161 Å². The lowest BCUT2D eigenvalue weighted by Gasteiger charge is -2.18. The average Bonchev–Trinajstić information content (AvgIpc) is 2.66. The third kappa shape index (κ3) is 6.48. The summed E-state index contributed by atoms with van der Waals surface area (Å²) in [4.78, 5) is 11.8. The zero-order valence-electron chi connectivity index (χ0n) is 15.3. The SMILES string of the molecule is CCOC(=O)c1cccc(NC(=S)NC[C@@H](CC)Cc2ccccc2)c1. The lowest BCUT2D eigenvalue weighted by Crippen LogP contribution is -2.33. The smallest absolute Gasteiger partial charge is 0.338 e. The highest BCUT2D eigenvalue weighted by Crippen LogP contribution is 2.13. The van der Waals surface area contributed by atoms with Gasteiger partial charge in [-0.3, -0.25) is 0 Å². The van der Waals surface area contributed by atoms with Crippen LogP contribution < -0.4 is 10.6 Å². The molecule has 0 aliphatic carbocycles. The minimum absolute atomic E-state index is 0.330. The Morgan fingerprint density at radius 3 is 2.58 bits per heavy atom. The first kappa shape index (κ1) is 19.9. The fraction of sp³-hybridized carbons (Fsp3) is 0.333. The Bertz CT molecular complexity index is 719. The van der Waals surface area contributed by atoms with Crippen LogP contribution in [0.4, 0.5) is 5.69 Å². The van der Waals surface area contributed by atoms with Crippen LogP contribution in [0.1, 0.15) is 36.2 Å². The second kappa shape index (κ2) is 10.6. The number of rotatable bonds is 8. The fourth-order valence-corrected chi connectivity index (χ4v) is 2.86. The predicted molar refractivity (Wildman–Crippen MR) is 111 cm³/mol. The van der Waals surface area contributed by atoms with Crippen molar-refractivity contribution in [1.82, 2.24) is 5.32 Å². The average molecular weight is 371 g/mol. The third-order valence-electron chi connectivity index (χ3n) is 4.13. The maximum atomic E-state index is 11.8. The molecule has 0 aliphatic heterocycles. The Hall–Kier alpha value is -2.40. The van der Waals surface area contributed by atoms with Gasteiger partial charge in [0.05, 0.1) is 12.2 Å². The van der Waals surface area contributed by atoms with E-state index in [9.17, 15) is 4.79 Å². The Balaban J connectivity index is 1.86. The highest BCUT2D eigenvalue weighted by atomic mass is 32.1. The molecule has 1 atom stereocenters. The van der Waals surface area contributed by atoms with Gasteiger partial charge in [0, 0.05) is 12.2 Å². The predicted octanol–water partition coefficient (Wildman–Crippen LogP) is 4.42. The van der Waals surface area contributed by atoms with E-state index in [1.165, 1.54) is 5.56 Å². The fourth-order valence-electron chi connectivity index (χ4n) is 2.66. The van der Waals surface area contributed by atoms with Gasteiger partial charge in [0.25, 0.3) is 0 Å². The van der Waals surface area contributed by atoms with E-state index in [2.05, 4.69) is 41.8 Å². The molecular weight excluding hydrogens is 344 g/mol. The molecular formula is C21H26N2O2S. The van der Waals surface area contributed by atoms with Crippen LogP contribution in [0.25, 0.3) is 0 Å². The van der Waals surface area contributed by atoms with Gasteiger partial charge >= 0.3 is 5.97 Å². The number of carbonyl (C=O) groups is 1. The molecule has 0 amide bonds. The van der Waals surface area contributed by atoms with E-state index in [0.717, 1.165) is 25.1 Å². The summed E-state index contributed by atoms with van der Waals surface area (Å²) in [5, 5.41) is 6.97. The van der Waals surface area contributed by atoms with Crippen molar-refractivity contribution in [1.29, 1.82) is 0 Å². The van der Waals surface area contributed by atoms with Crippen LogP contribution in [0.3, 0.4) is 0 Å². The van der Waals surface area contributed by atoms with E-state index >= 15 is 0 Å². The van der Waals surface area contributed by atoms with E-state index < -0.39 is 0 Å². The summed E-state index contributed by atoms with van der Waals surface area (Å²) in [6, 6.07) is 17.6. The molecule has 2 rings (SSSR count). The first-order valence-electron chi connectivity index (χ1n) is 8.98. The number of hydrogen-bond donors (Lipinski definition) is 2. The summed E-state index contributed by atoms with van der Waals surface area (Å²) in [5.41, 5.74) is 2.61. The molecule has 0 radical (unpaired) electrons. The standard InChI is InChI=1S/C21H26N2O2S/c1-3-16(13-17-9-6-5-7-10-17)15-22-21(26)23-19-12-8-11-18(14-19)20(24)25-4-2/h5-12,14,16H,3-4,13,15H2,1-2H3,(H2,22,23,26)/t16-/m0/s1. The number of benzene rings is 2. The molecule has 2 aromatic rings. The lowest BCUT2D eigenvalue weighted by molar-refractivity contribution is 0.0526. The van der Waals surface area contributed by atoms with Crippen molar-refractivity contribution in [2.75, 3.05) is 18.5 Å². The van der Waals surface area contributed by atoms with Crippen LogP contribution in [0.15, 0.2) is 54.6 Å². The molecule has 26 heavy (non-hydrogen) atoms. The van der Waals surface area contributed by atoms with Gasteiger partial charge in [0.1, 0.15) is 0 Å². The summed E-state index contributed by atoms with van der Waals surface area (Å²) in [6.07, 6.45) is 2.09. The molecule has 0 bridgehead atoms. The zero-order chi connectivity index (χ0) is 18.8. The van der Waals surface area contributed by atoms with Crippen molar-refractivity contribution < 1.29 is 9.53 Å². The van der Waals surface area contributed by atoms with Crippen molar-refractivity contribution in [2.24, 2.45) is 5.92 Å². The second-order valence-electron chi connectivity index (χ2n) is 6.10. The Kier molecular flexibility index (Phi) is 8.09. The lowest BCUT2D eigenvalue weighted by atomic mass is 9.97. The molecule has 0 fully saturated rings. The number of ether oxygens (including phenoxy) is 1. The van der Waals surface area contributed by atoms with Crippen LogP contribution in [0.2, 0.25) is 0 Å². The van der Waals surface area contributed by atoms with E-state index in [-0.39, 0.29) is 5.97 Å². The van der Waals surface area contributed by atoms with Crippen molar-refractivity contribution in [3.8, 4) is 0 Å². The van der Waals surface area contributed by atoms with E-state index in [1.807, 2.05) is 12.1 Å². The Morgan fingerprint density at radius 1 is 1.12 bits per heavy atom. The molecule has 0 spiro atoms. The number of esters is 1. The van der Waals surface area contributed by atoms with Crippen LogP contribution in [-0.4, -0.2) is 24.2 Å². The molecule has 0 aliphatic rings. The molecule has 0 saturated carbocycles. The second-order valence-corrected chi connectivity index (χ2v) is 6.51. The van der Waals surface area contributed by atoms with E-state index in [1.54, 1.807) is 25.1 Å². The van der Waals surface area contributed by atoms with Crippen molar-refractivity contribution >= 4 is 29.0 Å². The highest BCUT2D eigenvalue weighted by molar-refractivity contribution is 7.80. The summed E-state index contributed by atoms with van der Waals surface area (Å²) in [5.74, 6) is 0.173. The van der Waals surface area contributed by atoms with Gasteiger partial charge in [-0.1, -0.05) is 49.7 Å². The molecule has 0 aromatic heterocycles. The number of thiocarbonyl (C=S) groups is 1. The molecule has 0 heterocycles. The van der Waals surface area contributed by atoms with Crippen molar-refractivity contribution in [3.05, 3.63) is 65.7 Å². The highest BCUT2D eigenvalue weighted by Gasteiger charge is 2.10.